The van der Waals surface area contributed by atoms with Gasteiger partial charge in [0, 0.05) is 17.9 Å². The number of alkyl halides is 2. The van der Waals surface area contributed by atoms with Crippen molar-refractivity contribution in [1.82, 2.24) is 4.90 Å². The molecule has 1 saturated carbocycles. The number of piperidine rings is 1. The van der Waals surface area contributed by atoms with E-state index in [0.29, 0.717) is 18.3 Å². The van der Waals surface area contributed by atoms with Crippen LogP contribution in [0.3, 0.4) is 0 Å². The number of hydrogen-bond donors (Lipinski definition) is 0. The molecule has 4 heteroatoms. The molecule has 0 aromatic rings. The number of likely N-dealkylation sites (tertiary alicyclic amines) is 1. The highest BCUT2D eigenvalue weighted by atomic mass is 19.3. The Morgan fingerprint density at radius 2 is 1.84 bits per heavy atom. The maximum absolute atomic E-state index is 13.3. The van der Waals surface area contributed by atoms with E-state index >= 15 is 0 Å². The lowest BCUT2D eigenvalue weighted by Crippen LogP contribution is -2.42. The molecule has 2 rings (SSSR count). The second-order valence-corrected chi connectivity index (χ2v) is 6.87. The smallest absolute Gasteiger partial charge is 0.248 e. The summed E-state index contributed by atoms with van der Waals surface area (Å²) in [6.45, 7) is 8.67. The Bertz CT molecular complexity index is 289. The largest absolute Gasteiger partial charge is 0.378 e. The van der Waals surface area contributed by atoms with Crippen molar-refractivity contribution in [3.05, 3.63) is 0 Å². The van der Waals surface area contributed by atoms with Crippen LogP contribution in [0.15, 0.2) is 0 Å². The van der Waals surface area contributed by atoms with Crippen molar-refractivity contribution in [2.24, 2.45) is 11.3 Å². The van der Waals surface area contributed by atoms with E-state index < -0.39 is 11.8 Å². The number of hydrogen-bond acceptors (Lipinski definition) is 2. The maximum Gasteiger partial charge on any atom is 0.248 e. The molecular formula is C15H27F2NO. The van der Waals surface area contributed by atoms with Crippen molar-refractivity contribution < 1.29 is 13.5 Å². The maximum atomic E-state index is 13.3. The van der Waals surface area contributed by atoms with Crippen LogP contribution in [0.2, 0.25) is 0 Å². The van der Waals surface area contributed by atoms with E-state index in [1.165, 1.54) is 12.8 Å². The van der Waals surface area contributed by atoms with E-state index in [9.17, 15) is 8.78 Å². The molecule has 1 heterocycles. The molecule has 0 unspecified atom stereocenters. The van der Waals surface area contributed by atoms with Gasteiger partial charge in [-0.25, -0.2) is 8.78 Å². The fourth-order valence-electron chi connectivity index (χ4n) is 2.94. The van der Waals surface area contributed by atoms with Crippen molar-refractivity contribution in [2.45, 2.75) is 58.5 Å². The molecule has 0 aromatic carbocycles. The standard InChI is InChI=1S/C15H27F2NO/c1-12(2)19-11-15(6-7-15)10-18-8-4-13(5-9-18)14(3,16)17/h12-13H,4-11H2,1-3H3. The first kappa shape index (κ1) is 15.2. The van der Waals surface area contributed by atoms with Crippen LogP contribution >= 0.6 is 0 Å². The summed E-state index contributed by atoms with van der Waals surface area (Å²) >= 11 is 0. The van der Waals surface area contributed by atoms with Crippen molar-refractivity contribution in [3.8, 4) is 0 Å². The van der Waals surface area contributed by atoms with Gasteiger partial charge in [0.15, 0.2) is 0 Å². The van der Waals surface area contributed by atoms with Gasteiger partial charge in [-0.1, -0.05) is 0 Å². The molecule has 2 fully saturated rings. The van der Waals surface area contributed by atoms with Crippen LogP contribution in [0.1, 0.15) is 46.5 Å². The van der Waals surface area contributed by atoms with Crippen molar-refractivity contribution in [2.75, 3.05) is 26.2 Å². The third-order valence-electron chi connectivity index (χ3n) is 4.54. The minimum atomic E-state index is -2.51. The van der Waals surface area contributed by atoms with E-state index in [1.807, 2.05) is 0 Å². The zero-order chi connectivity index (χ0) is 14.1. The molecule has 1 aliphatic heterocycles. The van der Waals surface area contributed by atoms with Gasteiger partial charge in [0.2, 0.25) is 5.92 Å². The highest BCUT2D eigenvalue weighted by molar-refractivity contribution is 4.96. The summed E-state index contributed by atoms with van der Waals surface area (Å²) in [5.41, 5.74) is 0.325. The van der Waals surface area contributed by atoms with E-state index in [0.717, 1.165) is 33.2 Å². The normalized spacial score (nSPS) is 24.9. The lowest BCUT2D eigenvalue weighted by molar-refractivity contribution is -0.0650. The molecule has 0 spiro atoms. The monoisotopic (exact) mass is 275 g/mol. The molecule has 2 nitrogen and oxygen atoms in total. The van der Waals surface area contributed by atoms with Crippen molar-refractivity contribution >= 4 is 0 Å². The number of rotatable bonds is 6. The summed E-state index contributed by atoms with van der Waals surface area (Å²) in [5.74, 6) is -2.93. The van der Waals surface area contributed by atoms with E-state index in [4.69, 9.17) is 4.74 Å². The second kappa shape index (κ2) is 5.65. The minimum Gasteiger partial charge on any atom is -0.378 e. The third kappa shape index (κ3) is 4.38. The number of nitrogens with zero attached hydrogens (tertiary/aromatic N) is 1. The van der Waals surface area contributed by atoms with Gasteiger partial charge in [-0.2, -0.15) is 0 Å². The quantitative estimate of drug-likeness (QED) is 0.735. The topological polar surface area (TPSA) is 12.5 Å². The summed E-state index contributed by atoms with van der Waals surface area (Å²) in [6.07, 6.45) is 3.99. The van der Waals surface area contributed by atoms with Crippen LogP contribution in [0.4, 0.5) is 8.78 Å². The van der Waals surface area contributed by atoms with Gasteiger partial charge in [-0.05, 0) is 59.5 Å². The molecule has 0 radical (unpaired) electrons. The molecule has 2 aliphatic rings. The molecular weight excluding hydrogens is 248 g/mol. The Kier molecular flexibility index (Phi) is 4.51. The van der Waals surface area contributed by atoms with Crippen LogP contribution in [-0.2, 0) is 4.74 Å². The molecule has 1 aliphatic carbocycles. The van der Waals surface area contributed by atoms with Crippen LogP contribution in [0.5, 0.6) is 0 Å². The molecule has 0 aromatic heterocycles. The fraction of sp³-hybridized carbons (Fsp3) is 1.00. The van der Waals surface area contributed by atoms with Crippen LogP contribution < -0.4 is 0 Å². The Morgan fingerprint density at radius 1 is 1.26 bits per heavy atom. The molecule has 19 heavy (non-hydrogen) atoms. The van der Waals surface area contributed by atoms with E-state index in [2.05, 4.69) is 18.7 Å². The van der Waals surface area contributed by atoms with Crippen LogP contribution in [0, 0.1) is 11.3 Å². The molecule has 112 valence electrons. The summed E-state index contributed by atoms with van der Waals surface area (Å²) in [4.78, 5) is 2.36. The summed E-state index contributed by atoms with van der Waals surface area (Å²) in [7, 11) is 0. The summed E-state index contributed by atoms with van der Waals surface area (Å²) in [6, 6.07) is 0. The highest BCUT2D eigenvalue weighted by Crippen LogP contribution is 2.47. The van der Waals surface area contributed by atoms with Gasteiger partial charge in [0.25, 0.3) is 0 Å². The first-order valence-electron chi connectivity index (χ1n) is 7.53. The molecule has 0 atom stereocenters. The Balaban J connectivity index is 1.74. The molecule has 0 N–H and O–H groups in total. The zero-order valence-electron chi connectivity index (χ0n) is 12.4. The predicted octanol–water partition coefficient (Wildman–Crippen LogP) is 3.56. The fourth-order valence-corrected chi connectivity index (χ4v) is 2.94. The number of ether oxygens (including phenoxy) is 1. The lowest BCUT2D eigenvalue weighted by atomic mass is 9.90. The first-order valence-corrected chi connectivity index (χ1v) is 7.53. The highest BCUT2D eigenvalue weighted by Gasteiger charge is 2.45. The minimum absolute atomic E-state index is 0.280. The van der Waals surface area contributed by atoms with Gasteiger partial charge in [-0.15, -0.1) is 0 Å². The predicted molar refractivity (Wildman–Crippen MR) is 72.5 cm³/mol. The Hall–Kier alpha value is -0.220. The third-order valence-corrected chi connectivity index (χ3v) is 4.54. The van der Waals surface area contributed by atoms with E-state index in [-0.39, 0.29) is 6.10 Å². The average Bonchev–Trinajstić information content (AvgIpc) is 3.06. The zero-order valence-corrected chi connectivity index (χ0v) is 12.4. The van der Waals surface area contributed by atoms with Gasteiger partial charge >= 0.3 is 0 Å². The molecule has 0 bridgehead atoms. The average molecular weight is 275 g/mol. The van der Waals surface area contributed by atoms with E-state index in [1.54, 1.807) is 0 Å². The first-order chi connectivity index (χ1) is 8.81. The summed E-state index contributed by atoms with van der Waals surface area (Å²) < 4.78 is 32.3. The number of halogens is 2. The van der Waals surface area contributed by atoms with Crippen LogP contribution in [0.25, 0.3) is 0 Å². The molecule has 1 saturated heterocycles. The Labute approximate surface area is 115 Å². The van der Waals surface area contributed by atoms with Crippen molar-refractivity contribution in [1.29, 1.82) is 0 Å². The second-order valence-electron chi connectivity index (χ2n) is 6.87. The van der Waals surface area contributed by atoms with Gasteiger partial charge in [0.05, 0.1) is 12.7 Å². The summed E-state index contributed by atoms with van der Waals surface area (Å²) in [5, 5.41) is 0. The van der Waals surface area contributed by atoms with Gasteiger partial charge in [0.1, 0.15) is 0 Å². The Morgan fingerprint density at radius 3 is 2.26 bits per heavy atom. The SMILES string of the molecule is CC(C)OCC1(CN2CCC(C(C)(F)F)CC2)CC1. The molecule has 0 amide bonds. The van der Waals surface area contributed by atoms with Crippen molar-refractivity contribution in [3.63, 3.8) is 0 Å². The van der Waals surface area contributed by atoms with Gasteiger partial charge in [-0.3, -0.25) is 0 Å². The van der Waals surface area contributed by atoms with Crippen LogP contribution in [-0.4, -0.2) is 43.2 Å². The van der Waals surface area contributed by atoms with Gasteiger partial charge < -0.3 is 9.64 Å². The lowest BCUT2D eigenvalue weighted by Gasteiger charge is -2.36.